The predicted octanol–water partition coefficient (Wildman–Crippen LogP) is 1.75. The Labute approximate surface area is 201 Å². The minimum absolute atomic E-state index is 0. The number of nitrogens with two attached hydrogens (primary N) is 1. The molecule has 9 nitrogen and oxygen atoms in total. The molecule has 1 aliphatic heterocycles. The Hall–Kier alpha value is -2.17. The molecule has 1 heterocycles. The number of methoxy groups -OCH3 is 1. The Morgan fingerprint density at radius 2 is 1.82 bits per heavy atom. The second-order valence-corrected chi connectivity index (χ2v) is 10.7. The summed E-state index contributed by atoms with van der Waals surface area (Å²) in [4.78, 5) is 23.7. The van der Waals surface area contributed by atoms with Crippen molar-refractivity contribution >= 4 is 40.1 Å². The van der Waals surface area contributed by atoms with E-state index in [1.54, 1.807) is 0 Å². The molecule has 0 bridgehead atoms. The van der Waals surface area contributed by atoms with Crippen LogP contribution in [0.25, 0.3) is 0 Å². The van der Waals surface area contributed by atoms with Crippen LogP contribution in [0.15, 0.2) is 24.3 Å². The van der Waals surface area contributed by atoms with Crippen LogP contribution in [0.3, 0.4) is 0 Å². The Bertz CT molecular complexity index is 962. The van der Waals surface area contributed by atoms with Gasteiger partial charge in [-0.1, -0.05) is 24.3 Å². The van der Waals surface area contributed by atoms with Crippen molar-refractivity contribution in [3.8, 4) is 0 Å². The molecule has 33 heavy (non-hydrogen) atoms. The number of nitrogen functional groups attached to an aromatic ring is 1. The van der Waals surface area contributed by atoms with Crippen molar-refractivity contribution in [1.29, 1.82) is 5.41 Å². The molecule has 1 amide bonds. The van der Waals surface area contributed by atoms with Gasteiger partial charge in [0.2, 0.25) is 15.9 Å². The summed E-state index contributed by atoms with van der Waals surface area (Å²) >= 11 is 0. The molecule has 1 aromatic rings. The first-order valence-corrected chi connectivity index (χ1v) is 12.7. The maximum atomic E-state index is 12.6. The van der Waals surface area contributed by atoms with Crippen LogP contribution in [0.5, 0.6) is 0 Å². The molecule has 0 unspecified atom stereocenters. The summed E-state index contributed by atoms with van der Waals surface area (Å²) < 4.78 is 31.3. The van der Waals surface area contributed by atoms with Crippen molar-refractivity contribution in [2.24, 2.45) is 11.7 Å². The van der Waals surface area contributed by atoms with Gasteiger partial charge in [0.25, 0.3) is 0 Å². The number of nitrogens with one attached hydrogen (secondary N) is 2. The van der Waals surface area contributed by atoms with E-state index < -0.39 is 21.9 Å². The molecule has 0 radical (unpaired) electrons. The molecule has 3 rings (SSSR count). The number of sulfonamides is 1. The zero-order valence-corrected chi connectivity index (χ0v) is 20.6. The minimum Gasteiger partial charge on any atom is -0.469 e. The van der Waals surface area contributed by atoms with Crippen LogP contribution in [0, 0.1) is 11.3 Å². The van der Waals surface area contributed by atoms with Gasteiger partial charge in [-0.25, -0.2) is 8.42 Å². The topological polar surface area (TPSA) is 143 Å². The summed E-state index contributed by atoms with van der Waals surface area (Å²) in [6.45, 7) is 0.213. The summed E-state index contributed by atoms with van der Waals surface area (Å²) in [5.74, 6) is -0.782. The van der Waals surface area contributed by atoms with E-state index in [9.17, 15) is 18.0 Å². The van der Waals surface area contributed by atoms with Crippen molar-refractivity contribution in [1.82, 2.24) is 9.62 Å². The molecule has 11 heteroatoms. The number of carbonyl (C=O) groups excluding carboxylic acids is 2. The average molecular weight is 501 g/mol. The molecule has 1 aromatic carbocycles. The van der Waals surface area contributed by atoms with E-state index in [2.05, 4.69) is 10.1 Å². The number of rotatable bonds is 8. The van der Waals surface area contributed by atoms with E-state index in [0.717, 1.165) is 25.7 Å². The number of hydrogen-bond acceptors (Lipinski definition) is 6. The van der Waals surface area contributed by atoms with Crippen LogP contribution >= 0.6 is 12.4 Å². The van der Waals surface area contributed by atoms with Crippen LogP contribution in [-0.2, 0) is 24.3 Å². The van der Waals surface area contributed by atoms with E-state index in [4.69, 9.17) is 11.1 Å². The molecule has 0 aromatic heterocycles. The number of hydrogen-bond donors (Lipinski definition) is 3. The number of ether oxygens (including phenoxy) is 1. The molecular weight excluding hydrogens is 468 g/mol. The van der Waals surface area contributed by atoms with Crippen LogP contribution in [0.1, 0.15) is 55.6 Å². The molecule has 2 atom stereocenters. The Kier molecular flexibility index (Phi) is 9.28. The molecule has 2 aliphatic rings. The normalized spacial score (nSPS) is 25.2. The summed E-state index contributed by atoms with van der Waals surface area (Å²) in [5.41, 5.74) is 7.38. The summed E-state index contributed by atoms with van der Waals surface area (Å²) in [5, 5.41) is 10.4. The fourth-order valence-electron chi connectivity index (χ4n) is 4.81. The third-order valence-electron chi connectivity index (χ3n) is 6.55. The first-order chi connectivity index (χ1) is 15.1. The lowest BCUT2D eigenvalue weighted by molar-refractivity contribution is -0.143. The molecule has 1 aliphatic carbocycles. The average Bonchev–Trinajstić information content (AvgIpc) is 3.10. The van der Waals surface area contributed by atoms with Gasteiger partial charge in [-0.05, 0) is 43.6 Å². The van der Waals surface area contributed by atoms with E-state index in [-0.39, 0.29) is 49.2 Å². The maximum absolute atomic E-state index is 12.6. The lowest BCUT2D eigenvalue weighted by Gasteiger charge is -2.36. The van der Waals surface area contributed by atoms with Gasteiger partial charge in [0.15, 0.2) is 0 Å². The number of halogens is 1. The number of esters is 1. The predicted molar refractivity (Wildman–Crippen MR) is 128 cm³/mol. The van der Waals surface area contributed by atoms with Crippen molar-refractivity contribution in [3.63, 3.8) is 0 Å². The van der Waals surface area contributed by atoms with Crippen LogP contribution in [0.2, 0.25) is 0 Å². The highest BCUT2D eigenvalue weighted by atomic mass is 35.5. The SMILES string of the molecule is COC(=O)C[C@@H]1C[C@@H](CN([C@H]2CC[C@H](c3ccc(C(=N)N)cc3)CC2)S(C)(=O)=O)NC1=O.Cl. The van der Waals surface area contributed by atoms with Gasteiger partial charge >= 0.3 is 5.97 Å². The maximum Gasteiger partial charge on any atom is 0.306 e. The summed E-state index contributed by atoms with van der Waals surface area (Å²) in [6, 6.07) is 7.25. The minimum atomic E-state index is -3.46. The molecule has 4 N–H and O–H groups in total. The van der Waals surface area contributed by atoms with Crippen LogP contribution in [-0.4, -0.2) is 62.4 Å². The van der Waals surface area contributed by atoms with E-state index in [1.165, 1.54) is 23.2 Å². The van der Waals surface area contributed by atoms with Crippen molar-refractivity contribution in [3.05, 3.63) is 35.4 Å². The van der Waals surface area contributed by atoms with E-state index >= 15 is 0 Å². The third kappa shape index (κ3) is 6.91. The van der Waals surface area contributed by atoms with Gasteiger partial charge in [0.05, 0.1) is 25.7 Å². The smallest absolute Gasteiger partial charge is 0.306 e. The second kappa shape index (κ2) is 11.3. The molecule has 2 fully saturated rings. The van der Waals surface area contributed by atoms with Gasteiger partial charge in [-0.3, -0.25) is 15.0 Å². The molecule has 184 valence electrons. The highest BCUT2D eigenvalue weighted by Gasteiger charge is 2.38. The Balaban J connectivity index is 0.00000385. The third-order valence-corrected chi connectivity index (χ3v) is 7.85. The summed E-state index contributed by atoms with van der Waals surface area (Å²) in [6.07, 6.45) is 4.82. The van der Waals surface area contributed by atoms with Gasteiger partial charge in [0.1, 0.15) is 5.84 Å². The highest BCUT2D eigenvalue weighted by Crippen LogP contribution is 2.36. The lowest BCUT2D eigenvalue weighted by atomic mass is 9.81. The lowest BCUT2D eigenvalue weighted by Crippen LogP contribution is -2.47. The molecule has 1 saturated carbocycles. The number of carbonyl (C=O) groups is 2. The summed E-state index contributed by atoms with van der Waals surface area (Å²) in [7, 11) is -2.18. The van der Waals surface area contributed by atoms with Gasteiger partial charge in [-0.2, -0.15) is 4.31 Å². The quantitative estimate of drug-likeness (QED) is 0.282. The first-order valence-electron chi connectivity index (χ1n) is 10.9. The molecular formula is C22H33ClN4O5S. The van der Waals surface area contributed by atoms with Gasteiger partial charge in [-0.15, -0.1) is 12.4 Å². The van der Waals surface area contributed by atoms with Gasteiger partial charge in [0, 0.05) is 24.2 Å². The highest BCUT2D eigenvalue weighted by molar-refractivity contribution is 7.88. The Morgan fingerprint density at radius 3 is 2.33 bits per heavy atom. The second-order valence-electron chi connectivity index (χ2n) is 8.79. The van der Waals surface area contributed by atoms with E-state index in [0.29, 0.717) is 17.9 Å². The molecule has 0 spiro atoms. The largest absolute Gasteiger partial charge is 0.469 e. The van der Waals surface area contributed by atoms with Crippen molar-refractivity contribution in [2.75, 3.05) is 19.9 Å². The number of benzene rings is 1. The molecule has 1 saturated heterocycles. The number of amidine groups is 1. The Morgan fingerprint density at radius 1 is 1.21 bits per heavy atom. The van der Waals surface area contributed by atoms with Gasteiger partial charge < -0.3 is 15.8 Å². The fraction of sp³-hybridized carbons (Fsp3) is 0.591. The number of nitrogens with zero attached hydrogens (tertiary/aromatic N) is 1. The zero-order valence-electron chi connectivity index (χ0n) is 19.0. The monoisotopic (exact) mass is 500 g/mol. The number of amides is 1. The zero-order chi connectivity index (χ0) is 23.5. The van der Waals surface area contributed by atoms with Crippen molar-refractivity contribution in [2.45, 2.75) is 56.5 Å². The van der Waals surface area contributed by atoms with Crippen LogP contribution in [0.4, 0.5) is 0 Å². The van der Waals surface area contributed by atoms with Crippen molar-refractivity contribution < 1.29 is 22.7 Å². The standard InChI is InChI=1S/C22H32N4O5S.ClH/c1-31-20(27)12-17-11-18(25-22(17)28)13-26(32(2,29)30)19-9-7-15(8-10-19)14-3-5-16(6-4-14)21(23)24;/h3-6,15,17-19H,7-13H2,1-2H3,(H3,23,24)(H,25,28);1H/t15-,17-,18-,19-;/m0./s1. The van der Waals surface area contributed by atoms with E-state index in [1.807, 2.05) is 24.3 Å². The van der Waals surface area contributed by atoms with Crippen LogP contribution < -0.4 is 11.1 Å². The fourth-order valence-corrected chi connectivity index (χ4v) is 6.02. The first kappa shape index (κ1) is 27.1.